The molecule has 0 spiro atoms. The summed E-state index contributed by atoms with van der Waals surface area (Å²) in [6.45, 7) is 1.01. The molecule has 1 unspecified atom stereocenters. The second kappa shape index (κ2) is 7.69. The highest BCUT2D eigenvalue weighted by Gasteiger charge is 2.27. The van der Waals surface area contributed by atoms with Crippen LogP contribution in [-0.4, -0.2) is 61.6 Å². The van der Waals surface area contributed by atoms with Crippen LogP contribution in [0.5, 0.6) is 0 Å². The zero-order valence-electron chi connectivity index (χ0n) is 13.4. The molecule has 2 N–H and O–H groups in total. The summed E-state index contributed by atoms with van der Waals surface area (Å²) in [5.41, 5.74) is 0.451. The molecule has 2 heterocycles. The molecular weight excluding hydrogens is 318 g/mol. The predicted molar refractivity (Wildman–Crippen MR) is 87.7 cm³/mol. The molecule has 1 amide bonds. The van der Waals surface area contributed by atoms with Crippen molar-refractivity contribution in [1.82, 2.24) is 19.6 Å². The number of aromatic nitrogens is 2. The zero-order chi connectivity index (χ0) is 16.9. The highest BCUT2D eigenvalue weighted by molar-refractivity contribution is 7.88. The molecule has 1 aromatic rings. The number of anilines is 1. The van der Waals surface area contributed by atoms with E-state index >= 15 is 0 Å². The van der Waals surface area contributed by atoms with Gasteiger partial charge >= 0.3 is 0 Å². The van der Waals surface area contributed by atoms with Gasteiger partial charge < -0.3 is 10.2 Å². The molecule has 2 rings (SSSR count). The van der Waals surface area contributed by atoms with Crippen LogP contribution in [-0.2, 0) is 10.0 Å². The van der Waals surface area contributed by atoms with Gasteiger partial charge in [0.2, 0.25) is 16.0 Å². The first kappa shape index (κ1) is 17.6. The number of carbonyl (C=O) groups is 1. The van der Waals surface area contributed by atoms with E-state index in [9.17, 15) is 13.2 Å². The quantitative estimate of drug-likeness (QED) is 0.778. The molecule has 0 aliphatic carbocycles. The highest BCUT2D eigenvalue weighted by atomic mass is 32.2. The number of hydrogen-bond donors (Lipinski definition) is 2. The van der Waals surface area contributed by atoms with Crippen molar-refractivity contribution in [3.63, 3.8) is 0 Å². The molecular formula is C14H23N5O3S. The van der Waals surface area contributed by atoms with Crippen molar-refractivity contribution in [2.24, 2.45) is 0 Å². The van der Waals surface area contributed by atoms with Gasteiger partial charge in [-0.15, -0.1) is 0 Å². The normalized spacial score (nSPS) is 18.7. The third kappa shape index (κ3) is 5.14. The van der Waals surface area contributed by atoms with Crippen LogP contribution in [0.3, 0.4) is 0 Å². The fraction of sp³-hybridized carbons (Fsp3) is 0.643. The number of likely N-dealkylation sites (tertiary alicyclic amines) is 1. The number of piperidine rings is 1. The van der Waals surface area contributed by atoms with Crippen LogP contribution in [0.15, 0.2) is 12.4 Å². The first-order valence-electron chi connectivity index (χ1n) is 7.66. The largest absolute Gasteiger partial charge is 0.357 e. The smallest absolute Gasteiger partial charge is 0.257 e. The van der Waals surface area contributed by atoms with Crippen molar-refractivity contribution >= 4 is 21.9 Å². The predicted octanol–water partition coefficient (Wildman–Crippen LogP) is 0.452. The van der Waals surface area contributed by atoms with Crippen LogP contribution in [0.4, 0.5) is 5.95 Å². The lowest BCUT2D eigenvalue weighted by atomic mass is 9.98. The van der Waals surface area contributed by atoms with Gasteiger partial charge in [-0.05, 0) is 25.7 Å². The van der Waals surface area contributed by atoms with Crippen LogP contribution in [0.1, 0.15) is 36.0 Å². The van der Waals surface area contributed by atoms with Crippen molar-refractivity contribution in [3.05, 3.63) is 18.0 Å². The Hall–Kier alpha value is -1.74. The van der Waals surface area contributed by atoms with Crippen molar-refractivity contribution in [1.29, 1.82) is 0 Å². The maximum absolute atomic E-state index is 12.7. The van der Waals surface area contributed by atoms with E-state index in [2.05, 4.69) is 20.0 Å². The molecule has 0 saturated carbocycles. The Morgan fingerprint density at radius 1 is 1.35 bits per heavy atom. The summed E-state index contributed by atoms with van der Waals surface area (Å²) in [6, 6.07) is 0.0366. The minimum Gasteiger partial charge on any atom is -0.357 e. The van der Waals surface area contributed by atoms with Crippen LogP contribution in [0.2, 0.25) is 0 Å². The van der Waals surface area contributed by atoms with E-state index in [0.29, 0.717) is 31.0 Å². The Kier molecular flexibility index (Phi) is 5.89. The molecule has 0 bridgehead atoms. The van der Waals surface area contributed by atoms with E-state index in [4.69, 9.17) is 0 Å². The molecule has 9 heteroatoms. The summed E-state index contributed by atoms with van der Waals surface area (Å²) >= 11 is 0. The number of nitrogens with one attached hydrogen (secondary N) is 2. The van der Waals surface area contributed by atoms with E-state index in [0.717, 1.165) is 25.5 Å². The van der Waals surface area contributed by atoms with E-state index in [-0.39, 0.29) is 11.9 Å². The van der Waals surface area contributed by atoms with Gasteiger partial charge in [-0.1, -0.05) is 0 Å². The standard InChI is InChI=1S/C14H23N5O3S/c1-15-14-16-9-11(10-17-14)13(20)19-8-4-3-5-12(19)6-7-18-23(2,21)22/h9-10,12,18H,3-8H2,1-2H3,(H,15,16,17). The average molecular weight is 341 g/mol. The van der Waals surface area contributed by atoms with E-state index in [1.165, 1.54) is 12.4 Å². The lowest BCUT2D eigenvalue weighted by molar-refractivity contribution is 0.0603. The maximum atomic E-state index is 12.7. The van der Waals surface area contributed by atoms with Gasteiger partial charge in [-0.25, -0.2) is 23.1 Å². The number of sulfonamides is 1. The van der Waals surface area contributed by atoms with Crippen molar-refractivity contribution in [2.75, 3.05) is 31.7 Å². The second-order valence-electron chi connectivity index (χ2n) is 5.65. The van der Waals surface area contributed by atoms with Crippen molar-refractivity contribution in [3.8, 4) is 0 Å². The van der Waals surface area contributed by atoms with Crippen LogP contribution in [0, 0.1) is 0 Å². The van der Waals surface area contributed by atoms with Gasteiger partial charge in [0.15, 0.2) is 0 Å². The lowest BCUT2D eigenvalue weighted by Gasteiger charge is -2.35. The first-order chi connectivity index (χ1) is 10.9. The van der Waals surface area contributed by atoms with E-state index in [1.807, 2.05) is 4.90 Å². The highest BCUT2D eigenvalue weighted by Crippen LogP contribution is 2.21. The minimum atomic E-state index is -3.20. The molecule has 1 saturated heterocycles. The number of hydrogen-bond acceptors (Lipinski definition) is 6. The molecule has 1 aliphatic rings. The zero-order valence-corrected chi connectivity index (χ0v) is 14.3. The molecule has 8 nitrogen and oxygen atoms in total. The Bertz CT molecular complexity index is 632. The van der Waals surface area contributed by atoms with Crippen LogP contribution < -0.4 is 10.0 Å². The average Bonchev–Trinajstić information content (AvgIpc) is 2.53. The first-order valence-corrected chi connectivity index (χ1v) is 9.55. The fourth-order valence-electron chi connectivity index (χ4n) is 2.71. The molecule has 0 radical (unpaired) electrons. The lowest BCUT2D eigenvalue weighted by Crippen LogP contribution is -2.45. The van der Waals surface area contributed by atoms with Crippen molar-refractivity contribution in [2.45, 2.75) is 31.7 Å². The van der Waals surface area contributed by atoms with Crippen molar-refractivity contribution < 1.29 is 13.2 Å². The van der Waals surface area contributed by atoms with E-state index < -0.39 is 10.0 Å². The number of carbonyl (C=O) groups excluding carboxylic acids is 1. The monoisotopic (exact) mass is 341 g/mol. The SMILES string of the molecule is CNc1ncc(C(=O)N2CCCCC2CCNS(C)(=O)=O)cn1. The van der Waals surface area contributed by atoms with Gasteiger partial charge in [0.1, 0.15) is 0 Å². The number of rotatable bonds is 6. The summed E-state index contributed by atoms with van der Waals surface area (Å²) in [7, 11) is -1.49. The van der Waals surface area contributed by atoms with Gasteiger partial charge in [-0.3, -0.25) is 4.79 Å². The summed E-state index contributed by atoms with van der Waals surface area (Å²) in [5, 5.41) is 2.81. The number of nitrogens with zero attached hydrogens (tertiary/aromatic N) is 3. The maximum Gasteiger partial charge on any atom is 0.257 e. The third-order valence-corrected chi connectivity index (χ3v) is 4.58. The summed E-state index contributed by atoms with van der Waals surface area (Å²) < 4.78 is 24.8. The molecule has 23 heavy (non-hydrogen) atoms. The fourth-order valence-corrected chi connectivity index (χ4v) is 3.20. The van der Waals surface area contributed by atoms with Gasteiger partial charge in [0.05, 0.1) is 11.8 Å². The Labute approximate surface area is 136 Å². The Balaban J connectivity index is 2.02. The molecule has 128 valence electrons. The third-order valence-electron chi connectivity index (χ3n) is 3.85. The number of amides is 1. The van der Waals surface area contributed by atoms with Gasteiger partial charge in [-0.2, -0.15) is 0 Å². The Morgan fingerprint density at radius 3 is 2.65 bits per heavy atom. The summed E-state index contributed by atoms with van der Waals surface area (Å²) in [5.74, 6) is 0.366. The van der Waals surface area contributed by atoms with Gasteiger partial charge in [0, 0.05) is 38.6 Å². The minimum absolute atomic E-state index is 0.0366. The topological polar surface area (TPSA) is 104 Å². The van der Waals surface area contributed by atoms with Gasteiger partial charge in [0.25, 0.3) is 5.91 Å². The molecule has 1 atom stereocenters. The van der Waals surface area contributed by atoms with E-state index in [1.54, 1.807) is 7.05 Å². The van der Waals surface area contributed by atoms with Crippen LogP contribution in [0.25, 0.3) is 0 Å². The summed E-state index contributed by atoms with van der Waals surface area (Å²) in [4.78, 5) is 22.6. The Morgan fingerprint density at radius 2 is 2.04 bits per heavy atom. The second-order valence-corrected chi connectivity index (χ2v) is 7.48. The molecule has 0 aromatic carbocycles. The summed E-state index contributed by atoms with van der Waals surface area (Å²) in [6.07, 6.45) is 7.65. The molecule has 1 fully saturated rings. The molecule has 1 aliphatic heterocycles. The molecule has 1 aromatic heterocycles. The van der Waals surface area contributed by atoms with Crippen LogP contribution >= 0.6 is 0 Å².